The van der Waals surface area contributed by atoms with Gasteiger partial charge in [0.1, 0.15) is 24.0 Å². The van der Waals surface area contributed by atoms with Crippen LogP contribution in [0, 0.1) is 5.92 Å². The third-order valence-corrected chi connectivity index (χ3v) is 2.81. The zero-order valence-corrected chi connectivity index (χ0v) is 13.2. The minimum absolute atomic E-state index is 0. The molecule has 0 saturated carbocycles. The van der Waals surface area contributed by atoms with Gasteiger partial charge < -0.3 is 15.2 Å². The van der Waals surface area contributed by atoms with Crippen molar-refractivity contribution in [3.05, 3.63) is 30.3 Å². The maximum atomic E-state index is 11.5. The lowest BCUT2D eigenvalue weighted by Crippen LogP contribution is -2.41. The fourth-order valence-electron chi connectivity index (χ4n) is 1.79. The summed E-state index contributed by atoms with van der Waals surface area (Å²) in [5, 5.41) is 0. The minimum Gasteiger partial charge on any atom is -0.486 e. The highest BCUT2D eigenvalue weighted by molar-refractivity contribution is 5.85. The first-order chi connectivity index (χ1) is 8.91. The molecule has 4 nitrogen and oxygen atoms in total. The molecule has 0 bridgehead atoms. The lowest BCUT2D eigenvalue weighted by Gasteiger charge is -2.28. The first-order valence-corrected chi connectivity index (χ1v) is 6.59. The van der Waals surface area contributed by atoms with Crippen molar-refractivity contribution in [1.82, 2.24) is 0 Å². The highest BCUT2D eigenvalue weighted by Gasteiger charge is 2.27. The van der Waals surface area contributed by atoms with Gasteiger partial charge in [0.15, 0.2) is 0 Å². The molecule has 3 atom stereocenters. The molecule has 1 aromatic carbocycles. The number of rotatable bonds is 6. The molecule has 1 aromatic rings. The Hall–Kier alpha value is -1.26. The van der Waals surface area contributed by atoms with Crippen LogP contribution in [0.2, 0.25) is 0 Å². The third kappa shape index (κ3) is 5.80. The van der Waals surface area contributed by atoms with Crippen LogP contribution in [-0.4, -0.2) is 24.2 Å². The van der Waals surface area contributed by atoms with Crippen LogP contribution in [0.5, 0.6) is 5.75 Å². The smallest absolute Gasteiger partial charge is 0.323 e. The SMILES string of the molecule is CC(C)[C@@H](Oc1ccccc1)[C@@H](C)OC(=O)[C@H](C)N.Cl. The van der Waals surface area contributed by atoms with E-state index in [9.17, 15) is 4.79 Å². The summed E-state index contributed by atoms with van der Waals surface area (Å²) < 4.78 is 11.2. The van der Waals surface area contributed by atoms with Crippen LogP contribution in [-0.2, 0) is 9.53 Å². The Morgan fingerprint density at radius 2 is 1.65 bits per heavy atom. The molecule has 0 aromatic heterocycles. The largest absolute Gasteiger partial charge is 0.486 e. The quantitative estimate of drug-likeness (QED) is 0.821. The van der Waals surface area contributed by atoms with E-state index in [1.54, 1.807) is 6.92 Å². The Bertz CT molecular complexity index is 395. The predicted octanol–water partition coefficient (Wildman–Crippen LogP) is 2.79. The number of hydrogen-bond acceptors (Lipinski definition) is 4. The van der Waals surface area contributed by atoms with Crippen molar-refractivity contribution in [2.75, 3.05) is 0 Å². The van der Waals surface area contributed by atoms with Gasteiger partial charge in [0, 0.05) is 0 Å². The summed E-state index contributed by atoms with van der Waals surface area (Å²) in [6.45, 7) is 7.50. The molecule has 5 heteroatoms. The van der Waals surface area contributed by atoms with Crippen molar-refractivity contribution in [2.24, 2.45) is 11.7 Å². The van der Waals surface area contributed by atoms with Gasteiger partial charge in [0.2, 0.25) is 0 Å². The fraction of sp³-hybridized carbons (Fsp3) is 0.533. The van der Waals surface area contributed by atoms with E-state index in [0.717, 1.165) is 5.75 Å². The van der Waals surface area contributed by atoms with E-state index < -0.39 is 12.0 Å². The van der Waals surface area contributed by atoms with Gasteiger partial charge in [-0.1, -0.05) is 32.0 Å². The Balaban J connectivity index is 0.00000361. The first-order valence-electron chi connectivity index (χ1n) is 6.59. The van der Waals surface area contributed by atoms with E-state index in [4.69, 9.17) is 15.2 Å². The van der Waals surface area contributed by atoms with Gasteiger partial charge in [-0.25, -0.2) is 0 Å². The summed E-state index contributed by atoms with van der Waals surface area (Å²) in [7, 11) is 0. The average molecular weight is 302 g/mol. The molecule has 114 valence electrons. The Kier molecular flexibility index (Phi) is 8.26. The van der Waals surface area contributed by atoms with Crippen LogP contribution < -0.4 is 10.5 Å². The van der Waals surface area contributed by atoms with Crippen molar-refractivity contribution >= 4 is 18.4 Å². The van der Waals surface area contributed by atoms with E-state index >= 15 is 0 Å². The molecule has 0 aliphatic rings. The topological polar surface area (TPSA) is 61.5 Å². The Labute approximate surface area is 127 Å². The van der Waals surface area contributed by atoms with Gasteiger partial charge in [-0.3, -0.25) is 4.79 Å². The number of esters is 1. The first kappa shape index (κ1) is 18.7. The van der Waals surface area contributed by atoms with Crippen LogP contribution in [0.4, 0.5) is 0 Å². The molecule has 0 aliphatic heterocycles. The van der Waals surface area contributed by atoms with Gasteiger partial charge in [-0.15, -0.1) is 12.4 Å². The van der Waals surface area contributed by atoms with E-state index in [2.05, 4.69) is 0 Å². The lowest BCUT2D eigenvalue weighted by atomic mass is 10.0. The van der Waals surface area contributed by atoms with Gasteiger partial charge in [-0.2, -0.15) is 0 Å². The summed E-state index contributed by atoms with van der Waals surface area (Å²) in [6, 6.07) is 8.89. The molecule has 0 amide bonds. The van der Waals surface area contributed by atoms with Gasteiger partial charge in [0.25, 0.3) is 0 Å². The molecule has 0 heterocycles. The number of benzene rings is 1. The molecule has 0 spiro atoms. The second-order valence-electron chi connectivity index (χ2n) is 5.07. The number of carbonyl (C=O) groups is 1. The maximum absolute atomic E-state index is 11.5. The number of ether oxygens (including phenoxy) is 2. The van der Waals surface area contributed by atoms with Crippen molar-refractivity contribution in [1.29, 1.82) is 0 Å². The minimum atomic E-state index is -0.619. The van der Waals surface area contributed by atoms with Gasteiger partial charge >= 0.3 is 5.97 Å². The highest BCUT2D eigenvalue weighted by Crippen LogP contribution is 2.19. The van der Waals surface area contributed by atoms with Crippen LogP contribution in [0.15, 0.2) is 30.3 Å². The zero-order valence-electron chi connectivity index (χ0n) is 12.4. The van der Waals surface area contributed by atoms with E-state index in [1.807, 2.05) is 51.1 Å². The average Bonchev–Trinajstić information content (AvgIpc) is 2.36. The van der Waals surface area contributed by atoms with Crippen LogP contribution in [0.1, 0.15) is 27.7 Å². The zero-order chi connectivity index (χ0) is 14.4. The lowest BCUT2D eigenvalue weighted by molar-refractivity contribution is -0.155. The number of halogens is 1. The van der Waals surface area contributed by atoms with E-state index in [0.29, 0.717) is 0 Å². The van der Waals surface area contributed by atoms with Crippen molar-refractivity contribution < 1.29 is 14.3 Å². The van der Waals surface area contributed by atoms with Crippen LogP contribution in [0.3, 0.4) is 0 Å². The van der Waals surface area contributed by atoms with Crippen LogP contribution in [0.25, 0.3) is 0 Å². The summed E-state index contributed by atoms with van der Waals surface area (Å²) in [5.41, 5.74) is 5.50. The molecule has 1 rings (SSSR count). The van der Waals surface area contributed by atoms with Crippen molar-refractivity contribution in [3.63, 3.8) is 0 Å². The Morgan fingerprint density at radius 3 is 2.10 bits per heavy atom. The molecule has 0 saturated heterocycles. The second kappa shape index (κ2) is 8.82. The summed E-state index contributed by atoms with van der Waals surface area (Å²) in [6.07, 6.45) is -0.552. The summed E-state index contributed by atoms with van der Waals surface area (Å²) in [5.74, 6) is 0.579. The number of carbonyl (C=O) groups excluding carboxylic acids is 1. The molecule has 2 N–H and O–H groups in total. The molecule has 0 fully saturated rings. The molecule has 0 unspecified atom stereocenters. The second-order valence-corrected chi connectivity index (χ2v) is 5.07. The predicted molar refractivity (Wildman–Crippen MR) is 82.1 cm³/mol. The van der Waals surface area contributed by atoms with Gasteiger partial charge in [-0.05, 0) is 31.9 Å². The molecule has 0 aliphatic carbocycles. The number of para-hydroxylation sites is 1. The maximum Gasteiger partial charge on any atom is 0.323 e. The Morgan fingerprint density at radius 1 is 1.10 bits per heavy atom. The molecular weight excluding hydrogens is 278 g/mol. The monoisotopic (exact) mass is 301 g/mol. The third-order valence-electron chi connectivity index (χ3n) is 2.81. The summed E-state index contributed by atoms with van der Waals surface area (Å²) in [4.78, 5) is 11.5. The summed E-state index contributed by atoms with van der Waals surface area (Å²) >= 11 is 0. The normalized spacial score (nSPS) is 14.9. The fourth-order valence-corrected chi connectivity index (χ4v) is 1.79. The molecule has 0 radical (unpaired) electrons. The highest BCUT2D eigenvalue weighted by atomic mass is 35.5. The van der Waals surface area contributed by atoms with Gasteiger partial charge in [0.05, 0.1) is 0 Å². The standard InChI is InChI=1S/C15H23NO3.ClH/c1-10(2)14(12(4)18-15(17)11(3)16)19-13-8-6-5-7-9-13;/h5-12,14H,16H2,1-4H3;1H/t11-,12+,14+;/m0./s1. The van der Waals surface area contributed by atoms with Crippen molar-refractivity contribution in [3.8, 4) is 5.75 Å². The van der Waals surface area contributed by atoms with Crippen LogP contribution >= 0.6 is 12.4 Å². The number of nitrogens with two attached hydrogens (primary N) is 1. The van der Waals surface area contributed by atoms with E-state index in [1.165, 1.54) is 0 Å². The van der Waals surface area contributed by atoms with Crippen molar-refractivity contribution in [2.45, 2.75) is 45.9 Å². The molecular formula is C15H24ClNO3. The van der Waals surface area contributed by atoms with E-state index in [-0.39, 0.29) is 30.5 Å². The number of hydrogen-bond donors (Lipinski definition) is 1. The molecule has 20 heavy (non-hydrogen) atoms.